The highest BCUT2D eigenvalue weighted by Crippen LogP contribution is 2.32. The van der Waals surface area contributed by atoms with Crippen molar-refractivity contribution in [3.63, 3.8) is 0 Å². The number of hydrogen-bond acceptors (Lipinski definition) is 4. The minimum Gasteiger partial charge on any atom is -0.393 e. The fourth-order valence-corrected chi connectivity index (χ4v) is 3.89. The van der Waals surface area contributed by atoms with Crippen LogP contribution in [0.4, 0.5) is 9.93 Å². The lowest BCUT2D eigenvalue weighted by molar-refractivity contribution is 0.177. The molecule has 1 aliphatic carbocycles. The van der Waals surface area contributed by atoms with Gasteiger partial charge in [-0.1, -0.05) is 41.7 Å². The molecular weight excluding hydrogens is 310 g/mol. The van der Waals surface area contributed by atoms with Gasteiger partial charge in [0.2, 0.25) is 0 Å². The number of aliphatic hydroxyl groups excluding tert-OH is 1. The summed E-state index contributed by atoms with van der Waals surface area (Å²) in [5, 5.41) is 15.8. The Bertz CT molecular complexity index is 672. The zero-order valence-corrected chi connectivity index (χ0v) is 13.9. The average molecular weight is 331 g/mol. The van der Waals surface area contributed by atoms with E-state index in [1.165, 1.54) is 11.3 Å². The Kier molecular flexibility index (Phi) is 4.93. The maximum atomic E-state index is 12.0. The number of benzene rings is 1. The van der Waals surface area contributed by atoms with E-state index in [4.69, 9.17) is 0 Å². The van der Waals surface area contributed by atoms with Gasteiger partial charge in [0, 0.05) is 6.54 Å². The highest BCUT2D eigenvalue weighted by molar-refractivity contribution is 7.19. The average Bonchev–Trinajstić information content (AvgIpc) is 3.12. The molecule has 1 aliphatic rings. The Morgan fingerprint density at radius 1 is 1.35 bits per heavy atom. The number of carbonyl (C=O) groups excluding carboxylic acids is 1. The lowest BCUT2D eigenvalue weighted by Crippen LogP contribution is -2.32. The van der Waals surface area contributed by atoms with E-state index < -0.39 is 0 Å². The summed E-state index contributed by atoms with van der Waals surface area (Å²) in [6, 6.07) is 9.80. The predicted octanol–water partition coefficient (Wildman–Crippen LogP) is 3.40. The lowest BCUT2D eigenvalue weighted by atomic mass is 10.1. The van der Waals surface area contributed by atoms with Gasteiger partial charge in [0.15, 0.2) is 5.13 Å². The van der Waals surface area contributed by atoms with Crippen LogP contribution < -0.4 is 10.6 Å². The maximum absolute atomic E-state index is 12.0. The number of thiazole rings is 1. The van der Waals surface area contributed by atoms with Crippen LogP contribution in [0, 0.1) is 12.8 Å². The molecule has 1 heterocycles. The summed E-state index contributed by atoms with van der Waals surface area (Å²) < 4.78 is 0. The molecule has 0 bridgehead atoms. The standard InChI is InChI=1S/C17H21N3O2S/c1-11-15(13-5-3-2-4-6-13)23-17(19-11)20-16(22)18-10-12-7-8-14(21)9-12/h2-6,12,14,21H,7-10H2,1H3,(H2,18,19,20,22). The largest absolute Gasteiger partial charge is 0.393 e. The van der Waals surface area contributed by atoms with Gasteiger partial charge in [-0.3, -0.25) is 5.32 Å². The molecule has 1 aromatic heterocycles. The molecule has 23 heavy (non-hydrogen) atoms. The topological polar surface area (TPSA) is 74.2 Å². The first-order valence-corrected chi connectivity index (χ1v) is 8.69. The molecule has 0 saturated heterocycles. The Hall–Kier alpha value is -1.92. The highest BCUT2D eigenvalue weighted by Gasteiger charge is 2.23. The second-order valence-corrected chi connectivity index (χ2v) is 6.97. The Labute approximate surface area is 139 Å². The van der Waals surface area contributed by atoms with Crippen molar-refractivity contribution in [3.05, 3.63) is 36.0 Å². The molecule has 122 valence electrons. The van der Waals surface area contributed by atoms with Crippen molar-refractivity contribution in [3.8, 4) is 10.4 Å². The molecule has 1 fully saturated rings. The quantitative estimate of drug-likeness (QED) is 0.804. The molecule has 3 N–H and O–H groups in total. The number of aromatic nitrogens is 1. The van der Waals surface area contributed by atoms with E-state index in [0.717, 1.165) is 35.4 Å². The molecule has 3 rings (SSSR count). The number of hydrogen-bond donors (Lipinski definition) is 3. The van der Waals surface area contributed by atoms with Crippen LogP contribution in [0.25, 0.3) is 10.4 Å². The summed E-state index contributed by atoms with van der Waals surface area (Å²) in [4.78, 5) is 17.5. The molecule has 1 saturated carbocycles. The zero-order valence-electron chi connectivity index (χ0n) is 13.1. The van der Waals surface area contributed by atoms with Crippen LogP contribution in [0.2, 0.25) is 0 Å². The van der Waals surface area contributed by atoms with Crippen LogP contribution in [0.5, 0.6) is 0 Å². The maximum Gasteiger partial charge on any atom is 0.321 e. The number of carbonyl (C=O) groups is 1. The summed E-state index contributed by atoms with van der Waals surface area (Å²) in [5.41, 5.74) is 2.02. The van der Waals surface area contributed by atoms with Crippen LogP contribution in [-0.2, 0) is 0 Å². The van der Waals surface area contributed by atoms with Crippen LogP contribution >= 0.6 is 11.3 Å². The van der Waals surface area contributed by atoms with Gasteiger partial charge in [0.05, 0.1) is 16.7 Å². The molecule has 6 heteroatoms. The molecule has 2 atom stereocenters. The molecular formula is C17H21N3O2S. The molecule has 0 spiro atoms. The van der Waals surface area contributed by atoms with Crippen LogP contribution in [0.1, 0.15) is 25.0 Å². The SMILES string of the molecule is Cc1nc(NC(=O)NCC2CCC(O)C2)sc1-c1ccccc1. The van der Waals surface area contributed by atoms with Crippen molar-refractivity contribution in [2.75, 3.05) is 11.9 Å². The van der Waals surface area contributed by atoms with Gasteiger partial charge in [0.1, 0.15) is 0 Å². The van der Waals surface area contributed by atoms with Crippen LogP contribution in [0.15, 0.2) is 30.3 Å². The smallest absolute Gasteiger partial charge is 0.321 e. The van der Waals surface area contributed by atoms with Crippen molar-refractivity contribution in [1.82, 2.24) is 10.3 Å². The summed E-state index contributed by atoms with van der Waals surface area (Å²) in [6.07, 6.45) is 2.37. The van der Waals surface area contributed by atoms with Crippen molar-refractivity contribution < 1.29 is 9.90 Å². The van der Waals surface area contributed by atoms with Gasteiger partial charge < -0.3 is 10.4 Å². The normalized spacial score (nSPS) is 20.4. The van der Waals surface area contributed by atoms with E-state index in [1.807, 2.05) is 37.3 Å². The second kappa shape index (κ2) is 7.10. The van der Waals surface area contributed by atoms with Crippen molar-refractivity contribution in [2.45, 2.75) is 32.3 Å². The van der Waals surface area contributed by atoms with E-state index >= 15 is 0 Å². The van der Waals surface area contributed by atoms with Gasteiger partial charge in [-0.25, -0.2) is 9.78 Å². The van der Waals surface area contributed by atoms with Crippen LogP contribution in [-0.4, -0.2) is 28.8 Å². The first-order chi connectivity index (χ1) is 11.1. The predicted molar refractivity (Wildman–Crippen MR) is 92.7 cm³/mol. The molecule has 0 radical (unpaired) electrons. The third-order valence-electron chi connectivity index (χ3n) is 4.12. The van der Waals surface area contributed by atoms with E-state index in [0.29, 0.717) is 17.6 Å². The first kappa shape index (κ1) is 16.0. The summed E-state index contributed by atoms with van der Waals surface area (Å²) in [5.74, 6) is 0.369. The molecule has 2 amide bonds. The Morgan fingerprint density at radius 2 is 2.13 bits per heavy atom. The molecule has 5 nitrogen and oxygen atoms in total. The Morgan fingerprint density at radius 3 is 2.83 bits per heavy atom. The summed E-state index contributed by atoms with van der Waals surface area (Å²) in [6.45, 7) is 2.54. The molecule has 2 aromatic rings. The summed E-state index contributed by atoms with van der Waals surface area (Å²) >= 11 is 1.48. The molecule has 1 aromatic carbocycles. The second-order valence-electron chi connectivity index (χ2n) is 5.97. The zero-order chi connectivity index (χ0) is 16.2. The number of aryl methyl sites for hydroxylation is 1. The van der Waals surface area contributed by atoms with E-state index in [1.54, 1.807) is 0 Å². The highest BCUT2D eigenvalue weighted by atomic mass is 32.1. The van der Waals surface area contributed by atoms with E-state index in [2.05, 4.69) is 15.6 Å². The van der Waals surface area contributed by atoms with Crippen LogP contribution in [0.3, 0.4) is 0 Å². The first-order valence-electron chi connectivity index (χ1n) is 7.87. The molecule has 2 unspecified atom stereocenters. The number of anilines is 1. The van der Waals surface area contributed by atoms with Gasteiger partial charge >= 0.3 is 6.03 Å². The van der Waals surface area contributed by atoms with Crippen molar-refractivity contribution >= 4 is 22.5 Å². The van der Waals surface area contributed by atoms with Gasteiger partial charge in [-0.2, -0.15) is 0 Å². The monoisotopic (exact) mass is 331 g/mol. The number of nitrogens with one attached hydrogen (secondary N) is 2. The fourth-order valence-electron chi connectivity index (χ4n) is 2.92. The minimum absolute atomic E-state index is 0.208. The van der Waals surface area contributed by atoms with Crippen molar-refractivity contribution in [1.29, 1.82) is 0 Å². The number of aliphatic hydroxyl groups is 1. The Balaban J connectivity index is 1.57. The molecule has 0 aliphatic heterocycles. The number of nitrogens with zero attached hydrogens (tertiary/aromatic N) is 1. The lowest BCUT2D eigenvalue weighted by Gasteiger charge is -2.10. The minimum atomic E-state index is -0.236. The van der Waals surface area contributed by atoms with Gasteiger partial charge in [-0.05, 0) is 37.7 Å². The summed E-state index contributed by atoms with van der Waals surface area (Å²) in [7, 11) is 0. The number of amides is 2. The van der Waals surface area contributed by atoms with E-state index in [9.17, 15) is 9.90 Å². The number of urea groups is 1. The number of rotatable bonds is 4. The van der Waals surface area contributed by atoms with E-state index in [-0.39, 0.29) is 12.1 Å². The van der Waals surface area contributed by atoms with Crippen molar-refractivity contribution in [2.24, 2.45) is 5.92 Å². The third kappa shape index (κ3) is 4.09. The van der Waals surface area contributed by atoms with Gasteiger partial charge in [0.25, 0.3) is 0 Å². The third-order valence-corrected chi connectivity index (χ3v) is 5.24. The fraction of sp³-hybridized carbons (Fsp3) is 0.412. The van der Waals surface area contributed by atoms with Gasteiger partial charge in [-0.15, -0.1) is 0 Å².